The summed E-state index contributed by atoms with van der Waals surface area (Å²) in [6.07, 6.45) is 0.603. The van der Waals surface area contributed by atoms with Crippen LogP contribution in [-0.2, 0) is 6.42 Å². The first-order valence-corrected chi connectivity index (χ1v) is 5.61. The van der Waals surface area contributed by atoms with Crippen molar-refractivity contribution in [2.45, 2.75) is 6.42 Å². The van der Waals surface area contributed by atoms with Crippen molar-refractivity contribution in [3.05, 3.63) is 35.4 Å². The molecular weight excluding hydrogens is 210 g/mol. The Balaban J connectivity index is 1.71. The van der Waals surface area contributed by atoms with Gasteiger partial charge in [0, 0.05) is 25.7 Å². The lowest BCUT2D eigenvalue weighted by Crippen LogP contribution is -2.47. The zero-order valence-corrected chi connectivity index (χ0v) is 9.10. The maximum atomic E-state index is 13.2. The molecule has 2 N–H and O–H groups in total. The van der Waals surface area contributed by atoms with Crippen LogP contribution in [0.4, 0.5) is 8.78 Å². The van der Waals surface area contributed by atoms with Gasteiger partial charge < -0.3 is 10.6 Å². The molecule has 4 heteroatoms. The number of hydrogen-bond donors (Lipinski definition) is 2. The predicted molar refractivity (Wildman–Crippen MR) is 59.3 cm³/mol. The van der Waals surface area contributed by atoms with Gasteiger partial charge in [-0.2, -0.15) is 0 Å². The maximum Gasteiger partial charge on any atom is 0.129 e. The first-order chi connectivity index (χ1) is 7.75. The van der Waals surface area contributed by atoms with E-state index in [9.17, 15) is 8.78 Å². The van der Waals surface area contributed by atoms with E-state index in [1.165, 1.54) is 12.1 Å². The lowest BCUT2D eigenvalue weighted by atomic mass is 10.0. The third-order valence-corrected chi connectivity index (χ3v) is 2.89. The van der Waals surface area contributed by atoms with Crippen LogP contribution in [0.25, 0.3) is 0 Å². The normalized spacial score (nSPS) is 16.1. The first-order valence-electron chi connectivity index (χ1n) is 5.61. The second-order valence-corrected chi connectivity index (χ2v) is 4.21. The largest absolute Gasteiger partial charge is 0.316 e. The van der Waals surface area contributed by atoms with E-state index in [-0.39, 0.29) is 0 Å². The third kappa shape index (κ3) is 3.00. The fraction of sp³-hybridized carbons (Fsp3) is 0.500. The van der Waals surface area contributed by atoms with Gasteiger partial charge in [0.15, 0.2) is 0 Å². The minimum absolute atomic E-state index is 0.452. The summed E-state index contributed by atoms with van der Waals surface area (Å²) in [5.74, 6) is -0.264. The van der Waals surface area contributed by atoms with Crippen molar-refractivity contribution in [1.29, 1.82) is 0 Å². The molecule has 0 spiro atoms. The highest BCUT2D eigenvalue weighted by Gasteiger charge is 2.15. The Bertz CT molecular complexity index is 351. The van der Waals surface area contributed by atoms with Crippen LogP contribution < -0.4 is 10.6 Å². The van der Waals surface area contributed by atoms with E-state index in [1.807, 2.05) is 0 Å². The van der Waals surface area contributed by atoms with E-state index in [4.69, 9.17) is 0 Å². The molecule has 1 aliphatic heterocycles. The van der Waals surface area contributed by atoms with Crippen molar-refractivity contribution in [3.63, 3.8) is 0 Å². The molecule has 88 valence electrons. The van der Waals surface area contributed by atoms with Gasteiger partial charge in [-0.05, 0) is 30.5 Å². The Morgan fingerprint density at radius 3 is 2.75 bits per heavy atom. The van der Waals surface area contributed by atoms with Crippen LogP contribution in [0.1, 0.15) is 5.56 Å². The van der Waals surface area contributed by atoms with Gasteiger partial charge in [-0.1, -0.05) is 6.07 Å². The molecule has 16 heavy (non-hydrogen) atoms. The van der Waals surface area contributed by atoms with E-state index in [2.05, 4.69) is 10.6 Å². The highest BCUT2D eigenvalue weighted by Crippen LogP contribution is 2.09. The molecule has 0 bridgehead atoms. The molecule has 1 heterocycles. The molecule has 1 aromatic rings. The molecule has 0 saturated carbocycles. The second-order valence-electron chi connectivity index (χ2n) is 4.21. The Morgan fingerprint density at radius 1 is 1.31 bits per heavy atom. The molecule has 0 amide bonds. The number of nitrogens with one attached hydrogen (secondary N) is 2. The summed E-state index contributed by atoms with van der Waals surface area (Å²) in [5.41, 5.74) is 0.570. The van der Waals surface area contributed by atoms with Crippen molar-refractivity contribution in [3.8, 4) is 0 Å². The van der Waals surface area contributed by atoms with Gasteiger partial charge in [-0.3, -0.25) is 0 Å². The number of hydrogen-bond acceptors (Lipinski definition) is 2. The van der Waals surface area contributed by atoms with Crippen LogP contribution >= 0.6 is 0 Å². The Hall–Kier alpha value is -1.00. The molecule has 0 aromatic heterocycles. The smallest absolute Gasteiger partial charge is 0.129 e. The van der Waals surface area contributed by atoms with Gasteiger partial charge in [-0.15, -0.1) is 0 Å². The summed E-state index contributed by atoms with van der Waals surface area (Å²) < 4.78 is 25.9. The molecule has 1 aromatic carbocycles. The topological polar surface area (TPSA) is 24.1 Å². The number of rotatable bonds is 5. The summed E-state index contributed by atoms with van der Waals surface area (Å²) in [7, 11) is 0. The van der Waals surface area contributed by atoms with Crippen molar-refractivity contribution in [2.75, 3.05) is 26.2 Å². The predicted octanol–water partition coefficient (Wildman–Crippen LogP) is 1.32. The Labute approximate surface area is 94.0 Å². The van der Waals surface area contributed by atoms with Crippen LogP contribution in [0.5, 0.6) is 0 Å². The number of benzene rings is 1. The molecule has 0 atom stereocenters. The third-order valence-electron chi connectivity index (χ3n) is 2.89. The average molecular weight is 226 g/mol. The number of halogens is 2. The van der Waals surface area contributed by atoms with Crippen LogP contribution in [-0.4, -0.2) is 26.2 Å². The van der Waals surface area contributed by atoms with E-state index in [0.717, 1.165) is 32.2 Å². The zero-order chi connectivity index (χ0) is 11.4. The molecule has 1 aliphatic rings. The van der Waals surface area contributed by atoms with Gasteiger partial charge in [-0.25, -0.2) is 8.78 Å². The van der Waals surface area contributed by atoms with Gasteiger partial charge in [0.1, 0.15) is 11.6 Å². The summed E-state index contributed by atoms with van der Waals surface area (Å²) >= 11 is 0. The van der Waals surface area contributed by atoms with E-state index in [1.54, 1.807) is 0 Å². The van der Waals surface area contributed by atoms with E-state index in [0.29, 0.717) is 17.9 Å². The van der Waals surface area contributed by atoms with E-state index >= 15 is 0 Å². The fourth-order valence-electron chi connectivity index (χ4n) is 1.75. The molecule has 1 fully saturated rings. The Kier molecular flexibility index (Phi) is 3.85. The minimum Gasteiger partial charge on any atom is -0.316 e. The Morgan fingerprint density at radius 2 is 2.12 bits per heavy atom. The average Bonchev–Trinajstić information content (AvgIpc) is 2.18. The van der Waals surface area contributed by atoms with Crippen LogP contribution in [0.3, 0.4) is 0 Å². The molecule has 0 aliphatic carbocycles. The molecule has 2 nitrogen and oxygen atoms in total. The zero-order valence-electron chi connectivity index (χ0n) is 9.10. The molecule has 2 rings (SSSR count). The summed E-state index contributed by atoms with van der Waals surface area (Å²) in [4.78, 5) is 0. The van der Waals surface area contributed by atoms with Gasteiger partial charge in [0.25, 0.3) is 0 Å². The SMILES string of the molecule is Fc1ccc(CCNCC2CNC2)c(F)c1. The molecule has 0 unspecified atom stereocenters. The minimum atomic E-state index is -0.519. The van der Waals surface area contributed by atoms with Crippen molar-refractivity contribution in [2.24, 2.45) is 5.92 Å². The molecule has 1 saturated heterocycles. The van der Waals surface area contributed by atoms with Crippen LogP contribution in [0.15, 0.2) is 18.2 Å². The highest BCUT2D eigenvalue weighted by molar-refractivity contribution is 5.18. The van der Waals surface area contributed by atoms with Gasteiger partial charge in [0.05, 0.1) is 0 Å². The van der Waals surface area contributed by atoms with Crippen molar-refractivity contribution >= 4 is 0 Å². The lowest BCUT2D eigenvalue weighted by molar-refractivity contribution is 0.332. The van der Waals surface area contributed by atoms with Crippen molar-refractivity contribution < 1.29 is 8.78 Å². The standard InChI is InChI=1S/C12H16F2N2/c13-11-2-1-10(12(14)5-11)3-4-15-6-9-7-16-8-9/h1-2,5,9,15-16H,3-4,6-8H2. The first kappa shape index (κ1) is 11.5. The molecule has 0 radical (unpaired) electrons. The maximum absolute atomic E-state index is 13.2. The quantitative estimate of drug-likeness (QED) is 0.740. The molecular formula is C12H16F2N2. The highest BCUT2D eigenvalue weighted by atomic mass is 19.1. The summed E-state index contributed by atoms with van der Waals surface area (Å²) in [6.45, 7) is 3.84. The monoisotopic (exact) mass is 226 g/mol. The van der Waals surface area contributed by atoms with Crippen molar-refractivity contribution in [1.82, 2.24) is 10.6 Å². The lowest BCUT2D eigenvalue weighted by Gasteiger charge is -2.27. The van der Waals surface area contributed by atoms with Gasteiger partial charge >= 0.3 is 0 Å². The summed E-state index contributed by atoms with van der Waals surface area (Å²) in [6, 6.07) is 3.75. The van der Waals surface area contributed by atoms with Crippen LogP contribution in [0.2, 0.25) is 0 Å². The van der Waals surface area contributed by atoms with Crippen LogP contribution in [0, 0.1) is 17.6 Å². The van der Waals surface area contributed by atoms with Gasteiger partial charge in [0.2, 0.25) is 0 Å². The second kappa shape index (κ2) is 5.37. The van der Waals surface area contributed by atoms with E-state index < -0.39 is 11.6 Å². The fourth-order valence-corrected chi connectivity index (χ4v) is 1.75. The summed E-state index contributed by atoms with van der Waals surface area (Å²) in [5, 5.41) is 6.47.